The maximum Gasteiger partial charge on any atom is 0.307 e. The monoisotopic (exact) mass is 250 g/mol. The number of nitrogens with zero attached hydrogens (tertiary/aromatic N) is 4. The Labute approximate surface area is 106 Å². The molecule has 6 nitrogen and oxygen atoms in total. The van der Waals surface area contributed by atoms with Crippen LogP contribution in [0.5, 0.6) is 0 Å². The van der Waals surface area contributed by atoms with Gasteiger partial charge in [0.15, 0.2) is 0 Å². The highest BCUT2D eigenvalue weighted by atomic mass is 16.4. The molecule has 0 spiro atoms. The van der Waals surface area contributed by atoms with Crippen LogP contribution in [-0.2, 0) is 4.79 Å². The molecule has 0 radical (unpaired) electrons. The molecule has 1 aromatic rings. The van der Waals surface area contributed by atoms with E-state index < -0.39 is 5.97 Å². The first kappa shape index (κ1) is 12.8. The smallest absolute Gasteiger partial charge is 0.307 e. The minimum Gasteiger partial charge on any atom is -0.481 e. The molecule has 98 valence electrons. The standard InChI is InChI=1S/C12H18N4O2/c1-10(11(17)18)9-15-5-7-16(8-6-15)12-13-3-2-4-14-12/h2-4,10H,5-9H2,1H3,(H,17,18). The van der Waals surface area contributed by atoms with Gasteiger partial charge in [0.1, 0.15) is 0 Å². The van der Waals surface area contributed by atoms with E-state index in [0.29, 0.717) is 6.54 Å². The van der Waals surface area contributed by atoms with E-state index in [2.05, 4.69) is 19.8 Å². The SMILES string of the molecule is CC(CN1CCN(c2ncccn2)CC1)C(=O)O. The van der Waals surface area contributed by atoms with Crippen LogP contribution in [0, 0.1) is 5.92 Å². The van der Waals surface area contributed by atoms with Gasteiger partial charge in [0.05, 0.1) is 5.92 Å². The summed E-state index contributed by atoms with van der Waals surface area (Å²) in [5.74, 6) is -0.295. The third kappa shape index (κ3) is 3.16. The molecule has 1 aromatic heterocycles. The largest absolute Gasteiger partial charge is 0.481 e. The van der Waals surface area contributed by atoms with E-state index in [1.165, 1.54) is 0 Å². The van der Waals surface area contributed by atoms with E-state index in [1.54, 1.807) is 25.4 Å². The van der Waals surface area contributed by atoms with Crippen LogP contribution in [0.15, 0.2) is 18.5 Å². The van der Waals surface area contributed by atoms with Crippen LogP contribution in [0.4, 0.5) is 5.95 Å². The van der Waals surface area contributed by atoms with Crippen molar-refractivity contribution in [2.45, 2.75) is 6.92 Å². The highest BCUT2D eigenvalue weighted by Crippen LogP contribution is 2.11. The summed E-state index contributed by atoms with van der Waals surface area (Å²) in [4.78, 5) is 23.5. The van der Waals surface area contributed by atoms with Crippen LogP contribution in [0.25, 0.3) is 0 Å². The number of hydrogen-bond donors (Lipinski definition) is 1. The molecule has 1 N–H and O–H groups in total. The third-order valence-electron chi connectivity index (χ3n) is 3.16. The molecule has 6 heteroatoms. The summed E-state index contributed by atoms with van der Waals surface area (Å²) in [7, 11) is 0. The fourth-order valence-electron chi connectivity index (χ4n) is 2.05. The van der Waals surface area contributed by atoms with Crippen molar-refractivity contribution < 1.29 is 9.90 Å². The van der Waals surface area contributed by atoms with Gasteiger partial charge in [0, 0.05) is 45.1 Å². The number of piperazine rings is 1. The molecule has 0 amide bonds. The van der Waals surface area contributed by atoms with Gasteiger partial charge in [0.2, 0.25) is 5.95 Å². The van der Waals surface area contributed by atoms with Gasteiger partial charge in [-0.05, 0) is 6.07 Å². The molecule has 0 saturated carbocycles. The zero-order valence-electron chi connectivity index (χ0n) is 10.5. The molecule has 0 aromatic carbocycles. The molecular formula is C12H18N4O2. The van der Waals surface area contributed by atoms with Crippen molar-refractivity contribution in [1.82, 2.24) is 14.9 Å². The topological polar surface area (TPSA) is 69.6 Å². The third-order valence-corrected chi connectivity index (χ3v) is 3.16. The second kappa shape index (κ2) is 5.77. The summed E-state index contributed by atoms with van der Waals surface area (Å²) in [6.45, 7) is 5.76. The van der Waals surface area contributed by atoms with Crippen molar-refractivity contribution in [1.29, 1.82) is 0 Å². The van der Waals surface area contributed by atoms with Crippen LogP contribution >= 0.6 is 0 Å². The van der Waals surface area contributed by atoms with Gasteiger partial charge >= 0.3 is 5.97 Å². The van der Waals surface area contributed by atoms with Crippen LogP contribution in [0.3, 0.4) is 0 Å². The second-order valence-electron chi connectivity index (χ2n) is 4.58. The Hall–Kier alpha value is -1.69. The fraction of sp³-hybridized carbons (Fsp3) is 0.583. The van der Waals surface area contributed by atoms with Crippen LogP contribution in [0.2, 0.25) is 0 Å². The summed E-state index contributed by atoms with van der Waals surface area (Å²) >= 11 is 0. The molecule has 2 heterocycles. The molecule has 1 fully saturated rings. The van der Waals surface area contributed by atoms with Crippen molar-refractivity contribution in [2.75, 3.05) is 37.6 Å². The van der Waals surface area contributed by atoms with Gasteiger partial charge < -0.3 is 10.0 Å². The van der Waals surface area contributed by atoms with Crippen molar-refractivity contribution in [3.05, 3.63) is 18.5 Å². The predicted octanol–water partition coefficient (Wildman–Crippen LogP) is 0.319. The first-order valence-electron chi connectivity index (χ1n) is 6.14. The van der Waals surface area contributed by atoms with E-state index in [9.17, 15) is 4.79 Å². The number of hydrogen-bond acceptors (Lipinski definition) is 5. The second-order valence-corrected chi connectivity index (χ2v) is 4.58. The molecule has 0 aliphatic carbocycles. The minimum atomic E-state index is -0.733. The fourth-order valence-corrected chi connectivity index (χ4v) is 2.05. The van der Waals surface area contributed by atoms with Crippen molar-refractivity contribution in [2.24, 2.45) is 5.92 Å². The molecular weight excluding hydrogens is 232 g/mol. The first-order valence-corrected chi connectivity index (χ1v) is 6.14. The van der Waals surface area contributed by atoms with Crippen LogP contribution in [-0.4, -0.2) is 58.7 Å². The van der Waals surface area contributed by atoms with Gasteiger partial charge in [-0.2, -0.15) is 0 Å². The zero-order valence-corrected chi connectivity index (χ0v) is 10.5. The molecule has 1 unspecified atom stereocenters. The average molecular weight is 250 g/mol. The molecule has 2 rings (SSSR count). The van der Waals surface area contributed by atoms with Crippen LogP contribution in [0.1, 0.15) is 6.92 Å². The normalized spacial score (nSPS) is 18.6. The summed E-state index contributed by atoms with van der Waals surface area (Å²) in [6, 6.07) is 1.80. The van der Waals surface area contributed by atoms with Gasteiger partial charge in [-0.1, -0.05) is 6.92 Å². The zero-order chi connectivity index (χ0) is 13.0. The highest BCUT2D eigenvalue weighted by Gasteiger charge is 2.22. The van der Waals surface area contributed by atoms with Crippen LogP contribution < -0.4 is 4.90 Å². The van der Waals surface area contributed by atoms with Gasteiger partial charge in [-0.3, -0.25) is 9.69 Å². The van der Waals surface area contributed by atoms with Crippen molar-refractivity contribution >= 4 is 11.9 Å². The molecule has 1 aliphatic rings. The quantitative estimate of drug-likeness (QED) is 0.830. The average Bonchev–Trinajstić information content (AvgIpc) is 2.40. The Morgan fingerprint density at radius 2 is 1.94 bits per heavy atom. The maximum absolute atomic E-state index is 10.8. The van der Waals surface area contributed by atoms with Gasteiger partial charge in [0.25, 0.3) is 0 Å². The van der Waals surface area contributed by atoms with E-state index in [0.717, 1.165) is 32.1 Å². The number of carboxylic acid groups (broad SMARTS) is 1. The lowest BCUT2D eigenvalue weighted by Crippen LogP contribution is -2.48. The maximum atomic E-state index is 10.8. The van der Waals surface area contributed by atoms with Gasteiger partial charge in [-0.25, -0.2) is 9.97 Å². The van der Waals surface area contributed by atoms with E-state index >= 15 is 0 Å². The molecule has 18 heavy (non-hydrogen) atoms. The number of carboxylic acids is 1. The Kier molecular flexibility index (Phi) is 4.09. The van der Waals surface area contributed by atoms with E-state index in [4.69, 9.17) is 5.11 Å². The lowest BCUT2D eigenvalue weighted by atomic mass is 10.1. The summed E-state index contributed by atoms with van der Waals surface area (Å²) in [5, 5.41) is 8.89. The molecule has 1 atom stereocenters. The van der Waals surface area contributed by atoms with E-state index in [1.807, 2.05) is 0 Å². The Morgan fingerprint density at radius 3 is 2.50 bits per heavy atom. The summed E-state index contributed by atoms with van der Waals surface area (Å²) in [5.41, 5.74) is 0. The lowest BCUT2D eigenvalue weighted by molar-refractivity contribution is -0.141. The number of carbonyl (C=O) groups is 1. The lowest BCUT2D eigenvalue weighted by Gasteiger charge is -2.35. The Bertz CT molecular complexity index is 390. The summed E-state index contributed by atoms with van der Waals surface area (Å²) < 4.78 is 0. The Morgan fingerprint density at radius 1 is 1.33 bits per heavy atom. The minimum absolute atomic E-state index is 0.315. The van der Waals surface area contributed by atoms with Crippen molar-refractivity contribution in [3.8, 4) is 0 Å². The first-order chi connectivity index (χ1) is 8.66. The molecule has 0 bridgehead atoms. The van der Waals surface area contributed by atoms with Gasteiger partial charge in [-0.15, -0.1) is 0 Å². The number of anilines is 1. The number of rotatable bonds is 4. The summed E-state index contributed by atoms with van der Waals surface area (Å²) in [6.07, 6.45) is 3.47. The highest BCUT2D eigenvalue weighted by molar-refractivity contribution is 5.69. The number of aromatic nitrogens is 2. The Balaban J connectivity index is 1.83. The molecule has 1 aliphatic heterocycles. The predicted molar refractivity (Wildman–Crippen MR) is 67.5 cm³/mol. The van der Waals surface area contributed by atoms with E-state index in [-0.39, 0.29) is 5.92 Å². The number of aliphatic carboxylic acids is 1. The van der Waals surface area contributed by atoms with Crippen molar-refractivity contribution in [3.63, 3.8) is 0 Å². The molecule has 1 saturated heterocycles.